The Bertz CT molecular complexity index is 409. The maximum absolute atomic E-state index is 13.0. The van der Waals surface area contributed by atoms with Crippen molar-refractivity contribution in [3.63, 3.8) is 0 Å². The predicted molar refractivity (Wildman–Crippen MR) is 85.9 cm³/mol. The number of aliphatic hydroxyl groups excluding tert-OH is 1. The molecule has 0 amide bonds. The number of halogens is 3. The molecule has 0 fully saturated rings. The lowest BCUT2D eigenvalue weighted by Gasteiger charge is -2.15. The van der Waals surface area contributed by atoms with Gasteiger partial charge in [-0.15, -0.1) is 0 Å². The maximum Gasteiger partial charge on any atom is 0.126 e. The molecule has 21 heavy (non-hydrogen) atoms. The minimum Gasteiger partial charge on any atom is -0.389 e. The van der Waals surface area contributed by atoms with E-state index in [1.54, 1.807) is 0 Å². The van der Waals surface area contributed by atoms with Crippen LogP contribution in [0.4, 0.5) is 10.1 Å². The zero-order valence-electron chi connectivity index (χ0n) is 12.2. The van der Waals surface area contributed by atoms with Gasteiger partial charge in [0, 0.05) is 13.2 Å². The van der Waals surface area contributed by atoms with Crippen LogP contribution in [0.5, 0.6) is 0 Å². The van der Waals surface area contributed by atoms with E-state index in [1.807, 2.05) is 0 Å². The Hall–Kier alpha value is -0.550. The van der Waals surface area contributed by atoms with Crippen molar-refractivity contribution in [3.05, 3.63) is 28.0 Å². The molecule has 0 heterocycles. The average molecular weight is 338 g/mol. The number of benzene rings is 1. The Kier molecular flexibility index (Phi) is 9.00. The standard InChI is InChI=1S/C15H22Cl2FNO2/c1-2-3-4-5-6-21-10-12(20)9-19-15-13(16)7-11(18)8-14(15)17/h7-8,12,19-20H,2-6,9-10H2,1H3. The molecule has 0 aliphatic carbocycles. The molecule has 2 N–H and O–H groups in total. The molecule has 1 unspecified atom stereocenters. The third kappa shape index (κ3) is 7.32. The van der Waals surface area contributed by atoms with Crippen LogP contribution in [0.25, 0.3) is 0 Å². The zero-order valence-corrected chi connectivity index (χ0v) is 13.7. The van der Waals surface area contributed by atoms with E-state index in [-0.39, 0.29) is 23.2 Å². The molecule has 0 bridgehead atoms. The van der Waals surface area contributed by atoms with Gasteiger partial charge in [0.2, 0.25) is 0 Å². The van der Waals surface area contributed by atoms with Crippen molar-refractivity contribution in [3.8, 4) is 0 Å². The topological polar surface area (TPSA) is 41.5 Å². The Labute approximate surface area is 135 Å². The summed E-state index contributed by atoms with van der Waals surface area (Å²) in [6.07, 6.45) is 3.86. The number of rotatable bonds is 10. The summed E-state index contributed by atoms with van der Waals surface area (Å²) in [5, 5.41) is 13.1. The van der Waals surface area contributed by atoms with Gasteiger partial charge < -0.3 is 15.2 Å². The van der Waals surface area contributed by atoms with Crippen LogP contribution >= 0.6 is 23.2 Å². The molecule has 0 aliphatic rings. The number of ether oxygens (including phenoxy) is 1. The van der Waals surface area contributed by atoms with Crippen LogP contribution < -0.4 is 5.32 Å². The fraction of sp³-hybridized carbons (Fsp3) is 0.600. The van der Waals surface area contributed by atoms with Gasteiger partial charge in [-0.05, 0) is 18.6 Å². The lowest BCUT2D eigenvalue weighted by atomic mass is 10.2. The van der Waals surface area contributed by atoms with Gasteiger partial charge >= 0.3 is 0 Å². The summed E-state index contributed by atoms with van der Waals surface area (Å²) in [7, 11) is 0. The number of hydrogen-bond donors (Lipinski definition) is 2. The van der Waals surface area contributed by atoms with Crippen molar-refractivity contribution in [2.45, 2.75) is 38.7 Å². The smallest absolute Gasteiger partial charge is 0.126 e. The number of unbranched alkanes of at least 4 members (excludes halogenated alkanes) is 3. The van der Waals surface area contributed by atoms with E-state index in [1.165, 1.54) is 25.0 Å². The predicted octanol–water partition coefficient (Wildman–Crippen LogP) is 4.50. The summed E-state index contributed by atoms with van der Waals surface area (Å²) >= 11 is 11.8. The van der Waals surface area contributed by atoms with Crippen LogP contribution in [0.3, 0.4) is 0 Å². The average Bonchev–Trinajstić information content (AvgIpc) is 2.41. The highest BCUT2D eigenvalue weighted by molar-refractivity contribution is 6.39. The molecule has 120 valence electrons. The molecule has 0 aromatic heterocycles. The molecule has 0 spiro atoms. The largest absolute Gasteiger partial charge is 0.389 e. The third-order valence-electron chi connectivity index (χ3n) is 2.97. The van der Waals surface area contributed by atoms with Gasteiger partial charge in [0.15, 0.2) is 0 Å². The summed E-state index contributed by atoms with van der Waals surface area (Å²) in [4.78, 5) is 0. The highest BCUT2D eigenvalue weighted by Crippen LogP contribution is 2.31. The van der Waals surface area contributed by atoms with Crippen LogP contribution in [0.1, 0.15) is 32.6 Å². The molecule has 0 saturated carbocycles. The molecule has 1 aromatic carbocycles. The first-order valence-corrected chi connectivity index (χ1v) is 7.94. The number of nitrogens with one attached hydrogen (secondary N) is 1. The molecule has 1 aromatic rings. The van der Waals surface area contributed by atoms with Gasteiger partial charge in [0.1, 0.15) is 5.82 Å². The van der Waals surface area contributed by atoms with Crippen LogP contribution in [0.15, 0.2) is 12.1 Å². The molecule has 0 aliphatic heterocycles. The van der Waals surface area contributed by atoms with Gasteiger partial charge in [-0.2, -0.15) is 0 Å². The minimum absolute atomic E-state index is 0.188. The summed E-state index contributed by atoms with van der Waals surface area (Å²) in [6.45, 7) is 3.28. The Morgan fingerprint density at radius 3 is 2.52 bits per heavy atom. The first-order chi connectivity index (χ1) is 10.0. The van der Waals surface area contributed by atoms with E-state index >= 15 is 0 Å². The lowest BCUT2D eigenvalue weighted by molar-refractivity contribution is 0.0417. The summed E-state index contributed by atoms with van der Waals surface area (Å²) in [5.74, 6) is -0.494. The second kappa shape index (κ2) is 10.2. The van der Waals surface area contributed by atoms with Crippen LogP contribution in [-0.4, -0.2) is 31.0 Å². The monoisotopic (exact) mass is 337 g/mol. The van der Waals surface area contributed by atoms with Gasteiger partial charge in [-0.1, -0.05) is 49.4 Å². The van der Waals surface area contributed by atoms with Crippen molar-refractivity contribution >= 4 is 28.9 Å². The molecule has 0 radical (unpaired) electrons. The fourth-order valence-corrected chi connectivity index (χ4v) is 2.43. The third-order valence-corrected chi connectivity index (χ3v) is 3.57. The summed E-state index contributed by atoms with van der Waals surface area (Å²) in [6, 6.07) is 2.35. The zero-order chi connectivity index (χ0) is 15.7. The van der Waals surface area contributed by atoms with Crippen molar-refractivity contribution < 1.29 is 14.2 Å². The van der Waals surface area contributed by atoms with Crippen LogP contribution in [0.2, 0.25) is 10.0 Å². The quantitative estimate of drug-likeness (QED) is 0.617. The molecular weight excluding hydrogens is 316 g/mol. The molecule has 0 saturated heterocycles. The Balaban J connectivity index is 2.25. The summed E-state index contributed by atoms with van der Waals surface area (Å²) < 4.78 is 18.4. The molecule has 6 heteroatoms. The van der Waals surface area contributed by atoms with Crippen LogP contribution in [-0.2, 0) is 4.74 Å². The van der Waals surface area contributed by atoms with Gasteiger partial charge in [0.25, 0.3) is 0 Å². The van der Waals surface area contributed by atoms with Gasteiger partial charge in [0.05, 0.1) is 28.4 Å². The van der Waals surface area contributed by atoms with E-state index < -0.39 is 11.9 Å². The van der Waals surface area contributed by atoms with Crippen molar-refractivity contribution in [2.24, 2.45) is 0 Å². The van der Waals surface area contributed by atoms with E-state index in [4.69, 9.17) is 27.9 Å². The van der Waals surface area contributed by atoms with E-state index in [9.17, 15) is 9.50 Å². The molecule has 3 nitrogen and oxygen atoms in total. The van der Waals surface area contributed by atoms with E-state index in [2.05, 4.69) is 12.2 Å². The van der Waals surface area contributed by atoms with Crippen molar-refractivity contribution in [2.75, 3.05) is 25.1 Å². The normalized spacial score (nSPS) is 12.4. The summed E-state index contributed by atoms with van der Waals surface area (Å²) in [5.41, 5.74) is 0.418. The van der Waals surface area contributed by atoms with Gasteiger partial charge in [-0.25, -0.2) is 4.39 Å². The van der Waals surface area contributed by atoms with Crippen LogP contribution in [0, 0.1) is 5.82 Å². The van der Waals surface area contributed by atoms with E-state index in [0.29, 0.717) is 12.3 Å². The first-order valence-electron chi connectivity index (χ1n) is 7.18. The minimum atomic E-state index is -0.673. The van der Waals surface area contributed by atoms with Gasteiger partial charge in [-0.3, -0.25) is 0 Å². The maximum atomic E-state index is 13.0. The second-order valence-electron chi connectivity index (χ2n) is 4.91. The second-order valence-corrected chi connectivity index (χ2v) is 5.73. The van der Waals surface area contributed by atoms with Crippen molar-refractivity contribution in [1.82, 2.24) is 0 Å². The Morgan fingerprint density at radius 2 is 1.90 bits per heavy atom. The lowest BCUT2D eigenvalue weighted by Crippen LogP contribution is -2.25. The fourth-order valence-electron chi connectivity index (χ4n) is 1.84. The molecule has 1 rings (SSSR count). The number of aliphatic hydroxyl groups is 1. The first kappa shape index (κ1) is 18.5. The number of hydrogen-bond acceptors (Lipinski definition) is 3. The molecular formula is C15H22Cl2FNO2. The molecule has 1 atom stereocenters. The highest BCUT2D eigenvalue weighted by atomic mass is 35.5. The highest BCUT2D eigenvalue weighted by Gasteiger charge is 2.10. The number of anilines is 1. The SMILES string of the molecule is CCCCCCOCC(O)CNc1c(Cl)cc(F)cc1Cl. The Morgan fingerprint density at radius 1 is 1.24 bits per heavy atom. The van der Waals surface area contributed by atoms with E-state index in [0.717, 1.165) is 12.8 Å². The van der Waals surface area contributed by atoms with Crippen molar-refractivity contribution in [1.29, 1.82) is 0 Å².